The van der Waals surface area contributed by atoms with Crippen LogP contribution in [0.1, 0.15) is 28.8 Å². The van der Waals surface area contributed by atoms with Crippen molar-refractivity contribution >= 4 is 11.8 Å². The van der Waals surface area contributed by atoms with E-state index in [-0.39, 0.29) is 17.7 Å². The van der Waals surface area contributed by atoms with Gasteiger partial charge >= 0.3 is 0 Å². The highest BCUT2D eigenvalue weighted by atomic mass is 16.5. The molecule has 2 aromatic carbocycles. The molecule has 0 atom stereocenters. The normalized spacial score (nSPS) is 15.0. The second-order valence-electron chi connectivity index (χ2n) is 6.27. The number of primary amides is 1. The Labute approximate surface area is 147 Å². The molecule has 0 spiro atoms. The summed E-state index contributed by atoms with van der Waals surface area (Å²) in [7, 11) is 0. The fourth-order valence-corrected chi connectivity index (χ4v) is 2.98. The molecule has 5 heteroatoms. The Morgan fingerprint density at radius 1 is 1.00 bits per heavy atom. The molecule has 130 valence electrons. The summed E-state index contributed by atoms with van der Waals surface area (Å²) in [6, 6.07) is 17.1. The van der Waals surface area contributed by atoms with Gasteiger partial charge in [-0.25, -0.2) is 0 Å². The molecule has 2 amide bonds. The van der Waals surface area contributed by atoms with Crippen LogP contribution in [0.3, 0.4) is 0 Å². The van der Waals surface area contributed by atoms with Crippen LogP contribution in [0.15, 0.2) is 54.6 Å². The molecule has 1 saturated heterocycles. The standard InChI is InChI=1S/C20H22N2O3/c21-19(23)16-10-12-22(13-11-16)20(24)17-8-6-15(7-9-17)14-25-18-4-2-1-3-5-18/h1-9,16H,10-14H2,(H2,21,23). The van der Waals surface area contributed by atoms with E-state index in [4.69, 9.17) is 10.5 Å². The van der Waals surface area contributed by atoms with Crippen LogP contribution in [-0.2, 0) is 11.4 Å². The summed E-state index contributed by atoms with van der Waals surface area (Å²) in [6.07, 6.45) is 1.29. The minimum atomic E-state index is -0.269. The zero-order valence-electron chi connectivity index (χ0n) is 14.1. The molecule has 1 aliphatic rings. The fraction of sp³-hybridized carbons (Fsp3) is 0.300. The third-order valence-electron chi connectivity index (χ3n) is 4.53. The number of rotatable bonds is 5. The summed E-state index contributed by atoms with van der Waals surface area (Å²) in [5.41, 5.74) is 6.99. The lowest BCUT2D eigenvalue weighted by Gasteiger charge is -2.30. The number of para-hydroxylation sites is 1. The molecule has 0 aliphatic carbocycles. The van der Waals surface area contributed by atoms with Gasteiger partial charge in [-0.1, -0.05) is 30.3 Å². The van der Waals surface area contributed by atoms with Crippen molar-refractivity contribution in [2.45, 2.75) is 19.4 Å². The SMILES string of the molecule is NC(=O)C1CCN(C(=O)c2ccc(COc3ccccc3)cc2)CC1. The quantitative estimate of drug-likeness (QED) is 0.911. The minimum Gasteiger partial charge on any atom is -0.489 e. The number of carbonyl (C=O) groups excluding carboxylic acids is 2. The molecule has 1 fully saturated rings. The van der Waals surface area contributed by atoms with E-state index >= 15 is 0 Å². The highest BCUT2D eigenvalue weighted by Gasteiger charge is 2.26. The topological polar surface area (TPSA) is 72.6 Å². The number of piperidine rings is 1. The zero-order chi connectivity index (χ0) is 17.6. The lowest BCUT2D eigenvalue weighted by molar-refractivity contribution is -0.123. The van der Waals surface area contributed by atoms with Crippen molar-refractivity contribution < 1.29 is 14.3 Å². The van der Waals surface area contributed by atoms with E-state index in [0.717, 1.165) is 11.3 Å². The van der Waals surface area contributed by atoms with Crippen molar-refractivity contribution in [1.29, 1.82) is 0 Å². The van der Waals surface area contributed by atoms with Gasteiger partial charge in [0.25, 0.3) is 5.91 Å². The van der Waals surface area contributed by atoms with Crippen molar-refractivity contribution in [2.24, 2.45) is 11.7 Å². The van der Waals surface area contributed by atoms with E-state index in [1.807, 2.05) is 54.6 Å². The van der Waals surface area contributed by atoms with Crippen molar-refractivity contribution in [3.63, 3.8) is 0 Å². The molecule has 1 heterocycles. The first-order valence-electron chi connectivity index (χ1n) is 8.49. The average Bonchev–Trinajstić information content (AvgIpc) is 2.67. The van der Waals surface area contributed by atoms with E-state index < -0.39 is 0 Å². The Bertz CT molecular complexity index is 720. The van der Waals surface area contributed by atoms with Gasteiger partial charge in [-0.05, 0) is 42.7 Å². The molecule has 2 N–H and O–H groups in total. The maximum absolute atomic E-state index is 12.5. The molecule has 5 nitrogen and oxygen atoms in total. The Morgan fingerprint density at radius 2 is 1.64 bits per heavy atom. The maximum Gasteiger partial charge on any atom is 0.253 e. The van der Waals surface area contributed by atoms with Gasteiger partial charge in [0, 0.05) is 24.6 Å². The molecular weight excluding hydrogens is 316 g/mol. The summed E-state index contributed by atoms with van der Waals surface area (Å²) >= 11 is 0. The Morgan fingerprint density at radius 3 is 2.24 bits per heavy atom. The lowest BCUT2D eigenvalue weighted by Crippen LogP contribution is -2.41. The average molecular weight is 338 g/mol. The van der Waals surface area contributed by atoms with Gasteiger partial charge in [-0.2, -0.15) is 0 Å². The van der Waals surface area contributed by atoms with E-state index in [1.54, 1.807) is 4.90 Å². The van der Waals surface area contributed by atoms with Gasteiger partial charge < -0.3 is 15.4 Å². The second-order valence-corrected chi connectivity index (χ2v) is 6.27. The number of amides is 2. The smallest absolute Gasteiger partial charge is 0.253 e. The first kappa shape index (κ1) is 17.0. The number of likely N-dealkylation sites (tertiary alicyclic amines) is 1. The zero-order valence-corrected chi connectivity index (χ0v) is 14.1. The highest BCUT2D eigenvalue weighted by molar-refractivity contribution is 5.94. The summed E-state index contributed by atoms with van der Waals surface area (Å²) in [6.45, 7) is 1.61. The molecule has 1 aliphatic heterocycles. The third kappa shape index (κ3) is 4.38. The Kier molecular flexibility index (Phi) is 5.33. The van der Waals surface area contributed by atoms with E-state index in [0.29, 0.717) is 38.1 Å². The van der Waals surface area contributed by atoms with Gasteiger partial charge in [-0.15, -0.1) is 0 Å². The summed E-state index contributed by atoms with van der Waals surface area (Å²) in [4.78, 5) is 25.5. The van der Waals surface area contributed by atoms with Crippen LogP contribution in [-0.4, -0.2) is 29.8 Å². The Balaban J connectivity index is 1.55. The molecule has 0 aromatic heterocycles. The van der Waals surface area contributed by atoms with E-state index in [2.05, 4.69) is 0 Å². The van der Waals surface area contributed by atoms with Gasteiger partial charge in [0.1, 0.15) is 12.4 Å². The molecule has 0 unspecified atom stereocenters. The van der Waals surface area contributed by atoms with Crippen molar-refractivity contribution in [3.8, 4) is 5.75 Å². The summed E-state index contributed by atoms with van der Waals surface area (Å²) in [5.74, 6) is 0.440. The number of benzene rings is 2. The monoisotopic (exact) mass is 338 g/mol. The van der Waals surface area contributed by atoms with Crippen LogP contribution in [0.2, 0.25) is 0 Å². The molecule has 25 heavy (non-hydrogen) atoms. The minimum absolute atomic E-state index is 0.00144. The first-order chi connectivity index (χ1) is 12.1. The number of nitrogens with two attached hydrogens (primary N) is 1. The second kappa shape index (κ2) is 7.83. The van der Waals surface area contributed by atoms with Crippen molar-refractivity contribution in [3.05, 3.63) is 65.7 Å². The van der Waals surface area contributed by atoms with Gasteiger partial charge in [0.05, 0.1) is 0 Å². The predicted molar refractivity (Wildman–Crippen MR) is 95.0 cm³/mol. The summed E-state index contributed by atoms with van der Waals surface area (Å²) in [5, 5.41) is 0. The molecule has 0 radical (unpaired) electrons. The van der Waals surface area contributed by atoms with Crippen LogP contribution >= 0.6 is 0 Å². The number of ether oxygens (including phenoxy) is 1. The molecular formula is C20H22N2O3. The first-order valence-corrected chi connectivity index (χ1v) is 8.49. The highest BCUT2D eigenvalue weighted by Crippen LogP contribution is 2.19. The molecule has 0 saturated carbocycles. The van der Waals surface area contributed by atoms with Gasteiger partial charge in [0.2, 0.25) is 5.91 Å². The van der Waals surface area contributed by atoms with Crippen LogP contribution in [0.4, 0.5) is 0 Å². The summed E-state index contributed by atoms with van der Waals surface area (Å²) < 4.78 is 5.70. The number of hydrogen-bond acceptors (Lipinski definition) is 3. The predicted octanol–water partition coefficient (Wildman–Crippen LogP) is 2.60. The molecule has 0 bridgehead atoms. The lowest BCUT2D eigenvalue weighted by atomic mass is 9.96. The Hall–Kier alpha value is -2.82. The van der Waals surface area contributed by atoms with Crippen LogP contribution in [0.25, 0.3) is 0 Å². The van der Waals surface area contributed by atoms with Crippen LogP contribution < -0.4 is 10.5 Å². The van der Waals surface area contributed by atoms with Crippen LogP contribution in [0, 0.1) is 5.92 Å². The maximum atomic E-state index is 12.5. The van der Waals surface area contributed by atoms with Crippen LogP contribution in [0.5, 0.6) is 5.75 Å². The van der Waals surface area contributed by atoms with Crippen molar-refractivity contribution in [2.75, 3.05) is 13.1 Å². The third-order valence-corrected chi connectivity index (χ3v) is 4.53. The van der Waals surface area contributed by atoms with Gasteiger partial charge in [-0.3, -0.25) is 9.59 Å². The largest absolute Gasteiger partial charge is 0.489 e. The van der Waals surface area contributed by atoms with E-state index in [9.17, 15) is 9.59 Å². The molecule has 3 rings (SSSR count). The van der Waals surface area contributed by atoms with Crippen molar-refractivity contribution in [1.82, 2.24) is 4.90 Å². The number of nitrogens with zero attached hydrogens (tertiary/aromatic N) is 1. The number of carbonyl (C=O) groups is 2. The fourth-order valence-electron chi connectivity index (χ4n) is 2.98. The van der Waals surface area contributed by atoms with Gasteiger partial charge in [0.15, 0.2) is 0 Å². The van der Waals surface area contributed by atoms with E-state index in [1.165, 1.54) is 0 Å². The number of hydrogen-bond donors (Lipinski definition) is 1. The molecule has 2 aromatic rings.